The van der Waals surface area contributed by atoms with Gasteiger partial charge in [0.2, 0.25) is 0 Å². The van der Waals surface area contributed by atoms with E-state index in [2.05, 4.69) is 25.0 Å². The van der Waals surface area contributed by atoms with Gasteiger partial charge in [0.05, 0.1) is 63.3 Å². The second-order valence-corrected chi connectivity index (χ2v) is 7.66. The van der Waals surface area contributed by atoms with Gasteiger partial charge < -0.3 is 14.0 Å². The summed E-state index contributed by atoms with van der Waals surface area (Å²) in [5, 5.41) is 4.47. The zero-order valence-electron chi connectivity index (χ0n) is 18.4. The molecule has 33 heavy (non-hydrogen) atoms. The molecule has 0 aliphatic carbocycles. The van der Waals surface area contributed by atoms with Gasteiger partial charge in [-0.15, -0.1) is 0 Å². The molecule has 10 nitrogen and oxygen atoms in total. The van der Waals surface area contributed by atoms with E-state index in [-0.39, 0.29) is 6.01 Å². The van der Waals surface area contributed by atoms with Crippen LogP contribution in [0.15, 0.2) is 35.8 Å². The Morgan fingerprint density at radius 3 is 2.85 bits per heavy atom. The molecule has 0 bridgehead atoms. The van der Waals surface area contributed by atoms with Gasteiger partial charge >= 0.3 is 6.01 Å². The largest absolute Gasteiger partial charge is 0.464 e. The SMILES string of the molecule is CCOc1nc(C)c2nc(-c3cncc(F)c3)n(Cc3cnn(CC4=NCCOC4)c3)c2n1. The third-order valence-electron chi connectivity index (χ3n) is 5.20. The summed E-state index contributed by atoms with van der Waals surface area (Å²) in [7, 11) is 0. The molecule has 1 aliphatic rings. The van der Waals surface area contributed by atoms with Crippen LogP contribution in [0.4, 0.5) is 4.39 Å². The Hall–Kier alpha value is -3.73. The zero-order valence-corrected chi connectivity index (χ0v) is 18.4. The van der Waals surface area contributed by atoms with Crippen LogP contribution in [0, 0.1) is 12.7 Å². The van der Waals surface area contributed by atoms with E-state index in [9.17, 15) is 4.39 Å². The van der Waals surface area contributed by atoms with Crippen LogP contribution in [0.5, 0.6) is 6.01 Å². The molecule has 4 aromatic heterocycles. The minimum absolute atomic E-state index is 0.276. The molecular weight excluding hydrogens is 427 g/mol. The van der Waals surface area contributed by atoms with Gasteiger partial charge in [-0.1, -0.05) is 0 Å². The Kier molecular flexibility index (Phi) is 5.78. The summed E-state index contributed by atoms with van der Waals surface area (Å²) in [6, 6.07) is 1.68. The summed E-state index contributed by atoms with van der Waals surface area (Å²) in [5.74, 6) is 0.105. The maximum atomic E-state index is 14.0. The van der Waals surface area contributed by atoms with Crippen LogP contribution < -0.4 is 4.74 Å². The van der Waals surface area contributed by atoms with Crippen LogP contribution in [0.3, 0.4) is 0 Å². The first-order valence-electron chi connectivity index (χ1n) is 10.7. The number of hydrogen-bond donors (Lipinski definition) is 0. The monoisotopic (exact) mass is 450 g/mol. The lowest BCUT2D eigenvalue weighted by Gasteiger charge is -2.12. The topological polar surface area (TPSA) is 105 Å². The number of aryl methyl sites for hydroxylation is 1. The first-order chi connectivity index (χ1) is 16.1. The number of imidazole rings is 1. The molecular formula is C22H23FN8O2. The third kappa shape index (κ3) is 4.44. The van der Waals surface area contributed by atoms with Crippen LogP contribution in [0.1, 0.15) is 18.2 Å². The molecule has 5 rings (SSSR count). The number of nitrogens with zero attached hydrogens (tertiary/aromatic N) is 8. The van der Waals surface area contributed by atoms with Crippen molar-refractivity contribution in [1.29, 1.82) is 0 Å². The molecule has 0 amide bonds. The van der Waals surface area contributed by atoms with Crippen molar-refractivity contribution in [2.24, 2.45) is 4.99 Å². The van der Waals surface area contributed by atoms with Gasteiger partial charge in [0, 0.05) is 23.5 Å². The molecule has 4 aromatic rings. The Morgan fingerprint density at radius 1 is 1.15 bits per heavy atom. The summed E-state index contributed by atoms with van der Waals surface area (Å²) >= 11 is 0. The molecule has 0 saturated heterocycles. The zero-order chi connectivity index (χ0) is 22.8. The predicted molar refractivity (Wildman–Crippen MR) is 119 cm³/mol. The second-order valence-electron chi connectivity index (χ2n) is 7.66. The molecule has 170 valence electrons. The van der Waals surface area contributed by atoms with E-state index in [4.69, 9.17) is 14.5 Å². The Bertz CT molecular complexity index is 1330. The van der Waals surface area contributed by atoms with Gasteiger partial charge in [-0.2, -0.15) is 15.1 Å². The normalized spacial score (nSPS) is 14.0. The molecule has 5 heterocycles. The summed E-state index contributed by atoms with van der Waals surface area (Å²) in [5.41, 5.74) is 4.35. The highest BCUT2D eigenvalue weighted by molar-refractivity contribution is 5.85. The average molecular weight is 450 g/mol. The number of aromatic nitrogens is 7. The molecule has 11 heteroatoms. The Balaban J connectivity index is 1.55. The highest BCUT2D eigenvalue weighted by Crippen LogP contribution is 2.27. The van der Waals surface area contributed by atoms with Crippen molar-refractivity contribution in [3.8, 4) is 17.4 Å². The lowest BCUT2D eigenvalue weighted by atomic mass is 10.2. The van der Waals surface area contributed by atoms with Gasteiger partial charge in [0.15, 0.2) is 5.65 Å². The van der Waals surface area contributed by atoms with Gasteiger partial charge in [-0.25, -0.2) is 9.37 Å². The number of hydrogen-bond acceptors (Lipinski definition) is 8. The number of ether oxygens (including phenoxy) is 2. The Labute approximate surface area is 189 Å². The van der Waals surface area contributed by atoms with Crippen molar-refractivity contribution in [2.45, 2.75) is 26.9 Å². The average Bonchev–Trinajstić information content (AvgIpc) is 3.40. The minimum Gasteiger partial charge on any atom is -0.464 e. The van der Waals surface area contributed by atoms with Crippen LogP contribution in [-0.2, 0) is 17.8 Å². The molecule has 0 radical (unpaired) electrons. The van der Waals surface area contributed by atoms with E-state index in [1.165, 1.54) is 6.07 Å². The number of aliphatic imine (C=N–C) groups is 1. The summed E-state index contributed by atoms with van der Waals surface area (Å²) in [6.07, 6.45) is 6.49. The molecule has 0 saturated carbocycles. The van der Waals surface area contributed by atoms with Gasteiger partial charge in [0.25, 0.3) is 0 Å². The van der Waals surface area contributed by atoms with Crippen molar-refractivity contribution in [2.75, 3.05) is 26.4 Å². The first-order valence-corrected chi connectivity index (χ1v) is 10.7. The van der Waals surface area contributed by atoms with Crippen LogP contribution in [-0.4, -0.2) is 66.4 Å². The van der Waals surface area contributed by atoms with Crippen molar-refractivity contribution in [3.63, 3.8) is 0 Å². The van der Waals surface area contributed by atoms with Crippen molar-refractivity contribution in [1.82, 2.24) is 34.3 Å². The fourth-order valence-corrected chi connectivity index (χ4v) is 3.75. The summed E-state index contributed by atoms with van der Waals surface area (Å²) in [4.78, 5) is 22.2. The quantitative estimate of drug-likeness (QED) is 0.426. The molecule has 0 aromatic carbocycles. The van der Waals surface area contributed by atoms with E-state index in [1.807, 2.05) is 29.3 Å². The van der Waals surface area contributed by atoms with Gasteiger partial charge in [-0.3, -0.25) is 14.7 Å². The van der Waals surface area contributed by atoms with Crippen LogP contribution >= 0.6 is 0 Å². The van der Waals surface area contributed by atoms with Crippen molar-refractivity contribution >= 4 is 16.9 Å². The molecule has 0 atom stereocenters. The number of pyridine rings is 1. The van der Waals surface area contributed by atoms with E-state index >= 15 is 0 Å². The highest BCUT2D eigenvalue weighted by atomic mass is 19.1. The van der Waals surface area contributed by atoms with Crippen molar-refractivity contribution < 1.29 is 13.9 Å². The molecule has 0 unspecified atom stereocenters. The van der Waals surface area contributed by atoms with Gasteiger partial charge in [0.1, 0.15) is 17.2 Å². The second kappa shape index (κ2) is 9.02. The summed E-state index contributed by atoms with van der Waals surface area (Å²) in [6.45, 7) is 7.02. The molecule has 0 N–H and O–H groups in total. The standard InChI is InChI=1S/C22H23FN8O2/c1-3-33-22-27-14(2)19-21(29-22)31(20(28-19)16-6-17(23)9-24-8-16)11-15-7-26-30(10-15)12-18-13-32-5-4-25-18/h6-10H,3-5,11-13H2,1-2H3. The van der Waals surface area contributed by atoms with Gasteiger partial charge in [-0.05, 0) is 19.9 Å². The lowest BCUT2D eigenvalue weighted by molar-refractivity contribution is 0.168. The first kappa shape index (κ1) is 21.1. The number of fused-ring (bicyclic) bond motifs is 1. The maximum absolute atomic E-state index is 14.0. The maximum Gasteiger partial charge on any atom is 0.318 e. The Morgan fingerprint density at radius 2 is 2.06 bits per heavy atom. The summed E-state index contributed by atoms with van der Waals surface area (Å²) < 4.78 is 28.7. The van der Waals surface area contributed by atoms with E-state index < -0.39 is 5.82 Å². The minimum atomic E-state index is -0.438. The van der Waals surface area contributed by atoms with E-state index in [0.717, 1.165) is 17.5 Å². The number of rotatable bonds is 7. The highest BCUT2D eigenvalue weighted by Gasteiger charge is 2.19. The van der Waals surface area contributed by atoms with E-state index in [1.54, 1.807) is 12.4 Å². The fraction of sp³-hybridized carbons (Fsp3) is 0.364. The van der Waals surface area contributed by atoms with Crippen molar-refractivity contribution in [3.05, 3.63) is 47.9 Å². The fourth-order valence-electron chi connectivity index (χ4n) is 3.75. The molecule has 1 aliphatic heterocycles. The number of halogens is 1. The predicted octanol–water partition coefficient (Wildman–Crippen LogP) is 2.45. The smallest absolute Gasteiger partial charge is 0.318 e. The van der Waals surface area contributed by atoms with Crippen LogP contribution in [0.2, 0.25) is 0 Å². The molecule has 0 fully saturated rings. The molecule has 0 spiro atoms. The van der Waals surface area contributed by atoms with E-state index in [0.29, 0.717) is 67.7 Å². The van der Waals surface area contributed by atoms with Crippen LogP contribution in [0.25, 0.3) is 22.6 Å². The third-order valence-corrected chi connectivity index (χ3v) is 5.20. The lowest BCUT2D eigenvalue weighted by Crippen LogP contribution is -2.22.